The minimum Gasteiger partial charge on any atom is -0.417 e. The highest BCUT2D eigenvalue weighted by atomic mass is 16.6. The Morgan fingerprint density at radius 3 is 1.67 bits per heavy atom. The molecule has 0 aromatic heterocycles. The van der Waals surface area contributed by atoms with Crippen molar-refractivity contribution in [2.75, 3.05) is 6.54 Å². The summed E-state index contributed by atoms with van der Waals surface area (Å²) in [5, 5.41) is 0. The molecule has 0 aromatic carbocycles. The Bertz CT molecular complexity index is 56.9. The molecule has 1 heterocycles. The van der Waals surface area contributed by atoms with Crippen molar-refractivity contribution in [3.8, 4) is 0 Å². The summed E-state index contributed by atoms with van der Waals surface area (Å²) in [6.45, 7) is 13.1. The van der Waals surface area contributed by atoms with E-state index in [0.717, 1.165) is 6.54 Å². The monoisotopic (exact) mass is 175 g/mol. The Morgan fingerprint density at radius 1 is 1.17 bits per heavy atom. The molecule has 2 heteroatoms. The lowest BCUT2D eigenvalue weighted by atomic mass is 10.6. The molecular formula is C10H25NO. The first-order valence-corrected chi connectivity index (χ1v) is 4.95. The average molecular weight is 175 g/mol. The predicted molar refractivity (Wildman–Crippen MR) is 56.9 cm³/mol. The highest BCUT2D eigenvalue weighted by Crippen LogP contribution is 1.77. The molecule has 0 spiro atoms. The van der Waals surface area contributed by atoms with Crippen LogP contribution in [0.1, 0.15) is 48.0 Å². The number of nitrogens with one attached hydrogen (secondary N) is 1. The topological polar surface area (TPSA) is 21.3 Å². The van der Waals surface area contributed by atoms with E-state index >= 15 is 0 Å². The van der Waals surface area contributed by atoms with Crippen molar-refractivity contribution in [3.63, 3.8) is 0 Å². The Labute approximate surface area is 78.0 Å². The first-order chi connectivity index (χ1) is 5.91. The van der Waals surface area contributed by atoms with Crippen LogP contribution < -0.4 is 5.48 Å². The molecule has 0 fully saturated rings. The van der Waals surface area contributed by atoms with E-state index in [9.17, 15) is 0 Å². The van der Waals surface area contributed by atoms with Gasteiger partial charge in [-0.2, -0.15) is 5.48 Å². The second-order valence-corrected chi connectivity index (χ2v) is 1.55. The summed E-state index contributed by atoms with van der Waals surface area (Å²) in [6.07, 6.45) is 4.78. The molecule has 2 nitrogen and oxygen atoms in total. The van der Waals surface area contributed by atoms with Crippen LogP contribution in [0.5, 0.6) is 0 Å². The maximum absolute atomic E-state index is 4.51. The van der Waals surface area contributed by atoms with Gasteiger partial charge in [0.05, 0.1) is 6.54 Å². The van der Waals surface area contributed by atoms with Crippen LogP contribution in [0.15, 0.2) is 12.3 Å². The summed E-state index contributed by atoms with van der Waals surface area (Å²) in [7, 11) is 0. The van der Waals surface area contributed by atoms with Crippen molar-refractivity contribution in [2.45, 2.75) is 48.0 Å². The summed E-state index contributed by atoms with van der Waals surface area (Å²) in [6, 6.07) is 0. The Kier molecular flexibility index (Phi) is 45.8. The van der Waals surface area contributed by atoms with Crippen LogP contribution in [0.2, 0.25) is 0 Å². The van der Waals surface area contributed by atoms with Crippen LogP contribution in [0, 0.1) is 0 Å². The van der Waals surface area contributed by atoms with E-state index in [1.807, 2.05) is 33.8 Å². The molecule has 1 N–H and O–H groups in total. The van der Waals surface area contributed by atoms with Crippen LogP contribution in [0.25, 0.3) is 0 Å². The molecule has 0 amide bonds. The fraction of sp³-hybridized carbons (Fsp3) is 0.800. The van der Waals surface area contributed by atoms with Gasteiger partial charge in [0.1, 0.15) is 6.26 Å². The lowest BCUT2D eigenvalue weighted by molar-refractivity contribution is 0.168. The van der Waals surface area contributed by atoms with Gasteiger partial charge in [0.2, 0.25) is 0 Å². The number of rotatable bonds is 0. The number of hydrogen-bond donors (Lipinski definition) is 1. The van der Waals surface area contributed by atoms with Crippen molar-refractivity contribution >= 4 is 0 Å². The molecule has 0 saturated carbocycles. The molecule has 76 valence electrons. The van der Waals surface area contributed by atoms with Crippen LogP contribution in [0.4, 0.5) is 0 Å². The zero-order valence-electron chi connectivity index (χ0n) is 9.48. The molecule has 1 aliphatic rings. The highest BCUT2D eigenvalue weighted by Gasteiger charge is 1.81. The molecule has 0 aromatic rings. The first-order valence-electron chi connectivity index (χ1n) is 4.95. The molecular weight excluding hydrogens is 150 g/mol. The van der Waals surface area contributed by atoms with Gasteiger partial charge < -0.3 is 4.84 Å². The predicted octanol–water partition coefficient (Wildman–Crippen LogP) is 3.50. The first kappa shape index (κ1) is 17.5. The van der Waals surface area contributed by atoms with Crippen LogP contribution in [-0.2, 0) is 4.84 Å². The fourth-order valence-electron chi connectivity index (χ4n) is 0.241. The van der Waals surface area contributed by atoms with E-state index in [-0.39, 0.29) is 0 Å². The Balaban J connectivity index is -0.000000102. The zero-order chi connectivity index (χ0) is 10.2. The van der Waals surface area contributed by atoms with E-state index in [4.69, 9.17) is 0 Å². The van der Waals surface area contributed by atoms with Gasteiger partial charge in [0.15, 0.2) is 0 Å². The molecule has 0 atom stereocenters. The smallest absolute Gasteiger partial charge is 0.108 e. The molecule has 12 heavy (non-hydrogen) atoms. The summed E-state index contributed by atoms with van der Waals surface area (Å²) in [5.74, 6) is 0. The second-order valence-electron chi connectivity index (χ2n) is 1.55. The highest BCUT2D eigenvalue weighted by molar-refractivity contribution is 4.78. The van der Waals surface area contributed by atoms with Crippen molar-refractivity contribution < 1.29 is 4.84 Å². The van der Waals surface area contributed by atoms with Gasteiger partial charge in [-0.05, 0) is 6.08 Å². The summed E-state index contributed by atoms with van der Waals surface area (Å²) in [5.41, 5.74) is 2.61. The fourth-order valence-corrected chi connectivity index (χ4v) is 0.241. The largest absolute Gasteiger partial charge is 0.417 e. The quantitative estimate of drug-likeness (QED) is 0.608. The van der Waals surface area contributed by atoms with Gasteiger partial charge in [0, 0.05) is 0 Å². The maximum Gasteiger partial charge on any atom is 0.108 e. The van der Waals surface area contributed by atoms with E-state index in [1.54, 1.807) is 6.26 Å². The van der Waals surface area contributed by atoms with Crippen molar-refractivity contribution in [1.29, 1.82) is 0 Å². The molecule has 1 aliphatic heterocycles. The SMILES string of the molecule is C1=CONC1.CC.CC.CCC. The standard InChI is InChI=1S/C3H5NO.C3H8.2C2H6/c1-2-4-5-3-1;1-3-2;2*1-2/h1,3-4H,2H2;3H2,1-2H3;2*1-2H3. The van der Waals surface area contributed by atoms with Gasteiger partial charge in [-0.15, -0.1) is 0 Å². The minimum atomic E-state index is 0.847. The molecule has 0 unspecified atom stereocenters. The number of hydroxylamine groups is 1. The van der Waals surface area contributed by atoms with E-state index in [1.165, 1.54) is 6.42 Å². The minimum absolute atomic E-state index is 0.847. The van der Waals surface area contributed by atoms with Crippen LogP contribution in [-0.4, -0.2) is 6.54 Å². The molecule has 0 radical (unpaired) electrons. The Hall–Kier alpha value is -0.500. The third-order valence-corrected chi connectivity index (χ3v) is 0.449. The van der Waals surface area contributed by atoms with Gasteiger partial charge in [0.25, 0.3) is 0 Å². The van der Waals surface area contributed by atoms with E-state index in [2.05, 4.69) is 24.2 Å². The summed E-state index contributed by atoms with van der Waals surface area (Å²) in [4.78, 5) is 4.51. The van der Waals surface area contributed by atoms with Gasteiger partial charge >= 0.3 is 0 Å². The van der Waals surface area contributed by atoms with E-state index in [0.29, 0.717) is 0 Å². The molecule has 0 aliphatic carbocycles. The number of hydrogen-bond acceptors (Lipinski definition) is 2. The van der Waals surface area contributed by atoms with E-state index < -0.39 is 0 Å². The molecule has 0 bridgehead atoms. The van der Waals surface area contributed by atoms with Gasteiger partial charge in [-0.1, -0.05) is 48.0 Å². The van der Waals surface area contributed by atoms with Gasteiger partial charge in [-0.3, -0.25) is 0 Å². The second kappa shape index (κ2) is 31.3. The maximum atomic E-state index is 4.51. The van der Waals surface area contributed by atoms with Crippen molar-refractivity contribution in [2.24, 2.45) is 0 Å². The normalized spacial score (nSPS) is 10.5. The van der Waals surface area contributed by atoms with Crippen molar-refractivity contribution in [1.82, 2.24) is 5.48 Å². The molecule has 0 saturated heterocycles. The van der Waals surface area contributed by atoms with Crippen LogP contribution >= 0.6 is 0 Å². The molecule has 1 rings (SSSR count). The average Bonchev–Trinajstić information content (AvgIpc) is 2.69. The lowest BCUT2D eigenvalue weighted by Crippen LogP contribution is -2.02. The van der Waals surface area contributed by atoms with Crippen molar-refractivity contribution in [3.05, 3.63) is 12.3 Å². The van der Waals surface area contributed by atoms with Gasteiger partial charge in [-0.25, -0.2) is 0 Å². The third kappa shape index (κ3) is 33.9. The Morgan fingerprint density at radius 2 is 1.58 bits per heavy atom. The van der Waals surface area contributed by atoms with Crippen LogP contribution in [0.3, 0.4) is 0 Å². The zero-order valence-corrected chi connectivity index (χ0v) is 9.48. The third-order valence-electron chi connectivity index (χ3n) is 0.449. The lowest BCUT2D eigenvalue weighted by Gasteiger charge is -1.82. The summed E-state index contributed by atoms with van der Waals surface area (Å²) >= 11 is 0. The summed E-state index contributed by atoms with van der Waals surface area (Å²) < 4.78 is 0.